The van der Waals surface area contributed by atoms with Gasteiger partial charge in [-0.05, 0) is 35.9 Å². The van der Waals surface area contributed by atoms with Crippen molar-refractivity contribution in [2.45, 2.75) is 6.10 Å². The van der Waals surface area contributed by atoms with Gasteiger partial charge in [0.25, 0.3) is 11.5 Å². The van der Waals surface area contributed by atoms with Crippen molar-refractivity contribution < 1.29 is 18.7 Å². The van der Waals surface area contributed by atoms with Gasteiger partial charge in [0, 0.05) is 18.8 Å². The number of nitrogens with zero attached hydrogens (tertiary/aromatic N) is 1. The van der Waals surface area contributed by atoms with Gasteiger partial charge in [0.15, 0.2) is 0 Å². The molecule has 0 bridgehead atoms. The van der Waals surface area contributed by atoms with Crippen molar-refractivity contribution in [2.24, 2.45) is 0 Å². The summed E-state index contributed by atoms with van der Waals surface area (Å²) in [6, 6.07) is 18.4. The van der Waals surface area contributed by atoms with E-state index < -0.39 is 29.2 Å². The predicted octanol–water partition coefficient (Wildman–Crippen LogP) is 4.59. The number of carbonyl (C=O) groups is 1. The summed E-state index contributed by atoms with van der Waals surface area (Å²) < 4.78 is 27.3. The minimum absolute atomic E-state index is 0.144. The second-order valence-corrected chi connectivity index (χ2v) is 8.27. The van der Waals surface area contributed by atoms with Crippen molar-refractivity contribution >= 4 is 28.3 Å². The van der Waals surface area contributed by atoms with Crippen LogP contribution in [-0.4, -0.2) is 32.5 Å². The number of nitrogens with one attached hydrogen (secondary N) is 4. The Morgan fingerprint density at radius 1 is 1.00 bits per heavy atom. The van der Waals surface area contributed by atoms with Crippen molar-refractivity contribution in [3.63, 3.8) is 0 Å². The van der Waals surface area contributed by atoms with Gasteiger partial charge >= 0.3 is 0 Å². The molecule has 8 nitrogen and oxygen atoms in total. The molecule has 3 aromatic carbocycles. The minimum Gasteiger partial charge on any atom is -0.387 e. The van der Waals surface area contributed by atoms with Crippen molar-refractivity contribution in [3.05, 3.63) is 112 Å². The topological polar surface area (TPSA) is 123 Å². The SMILES string of the molecule is O=C(Nc1cccc2nc(-c3c(NC[C@@H](O)c4ccccc4)cc[nH]c3=O)[nH]c12)c1ccc(F)cc1F. The Balaban J connectivity index is 1.45. The van der Waals surface area contributed by atoms with Gasteiger partial charge in [-0.2, -0.15) is 0 Å². The summed E-state index contributed by atoms with van der Waals surface area (Å²) in [6.07, 6.45) is 0.673. The number of amides is 1. The van der Waals surface area contributed by atoms with E-state index in [2.05, 4.69) is 25.6 Å². The quantitative estimate of drug-likeness (QED) is 0.223. The van der Waals surface area contributed by atoms with E-state index in [4.69, 9.17) is 0 Å². The first-order valence-corrected chi connectivity index (χ1v) is 11.3. The van der Waals surface area contributed by atoms with Crippen LogP contribution in [0.2, 0.25) is 0 Å². The number of aliphatic hydroxyl groups excluding tert-OH is 1. The van der Waals surface area contributed by atoms with E-state index in [9.17, 15) is 23.5 Å². The largest absolute Gasteiger partial charge is 0.387 e. The lowest BCUT2D eigenvalue weighted by molar-refractivity contribution is 0.102. The molecule has 0 saturated heterocycles. The first-order chi connectivity index (χ1) is 17.9. The molecule has 0 aliphatic heterocycles. The zero-order valence-corrected chi connectivity index (χ0v) is 19.3. The molecule has 5 N–H and O–H groups in total. The highest BCUT2D eigenvalue weighted by atomic mass is 19.1. The summed E-state index contributed by atoms with van der Waals surface area (Å²) in [5.74, 6) is -2.32. The third-order valence-corrected chi connectivity index (χ3v) is 5.81. The molecule has 0 unspecified atom stereocenters. The van der Waals surface area contributed by atoms with Crippen LogP contribution in [0.5, 0.6) is 0 Å². The van der Waals surface area contributed by atoms with Crippen LogP contribution < -0.4 is 16.2 Å². The molecule has 0 saturated carbocycles. The average Bonchev–Trinajstić information content (AvgIpc) is 3.32. The van der Waals surface area contributed by atoms with Gasteiger partial charge in [0.2, 0.25) is 0 Å². The monoisotopic (exact) mass is 501 g/mol. The van der Waals surface area contributed by atoms with E-state index in [1.54, 1.807) is 36.4 Å². The standard InChI is InChI=1S/C27H21F2N5O3/c28-16-9-10-17(18(29)13-16)26(36)33-21-8-4-7-20-24(21)34-25(32-20)23-19(11-12-30-27(23)37)31-14-22(35)15-5-2-1-3-6-15/h1-13,22,35H,14H2,(H,32,34)(H,33,36)(H2,30,31,37)/t22-/m1/s1. The van der Waals surface area contributed by atoms with Crippen LogP contribution in [0, 0.1) is 11.6 Å². The summed E-state index contributed by atoms with van der Waals surface area (Å²) in [5.41, 5.74) is 1.79. The predicted molar refractivity (Wildman–Crippen MR) is 136 cm³/mol. The number of anilines is 2. The van der Waals surface area contributed by atoms with E-state index >= 15 is 0 Å². The summed E-state index contributed by atoms with van der Waals surface area (Å²) in [4.78, 5) is 35.6. The Morgan fingerprint density at radius 2 is 1.81 bits per heavy atom. The molecule has 2 aromatic heterocycles. The normalized spacial score (nSPS) is 11.9. The first-order valence-electron chi connectivity index (χ1n) is 11.3. The zero-order valence-electron chi connectivity index (χ0n) is 19.3. The number of halogens is 2. The van der Waals surface area contributed by atoms with Crippen LogP contribution in [0.15, 0.2) is 83.8 Å². The van der Waals surface area contributed by atoms with Gasteiger partial charge in [-0.25, -0.2) is 13.8 Å². The van der Waals surface area contributed by atoms with Crippen LogP contribution in [-0.2, 0) is 0 Å². The molecule has 186 valence electrons. The van der Waals surface area contributed by atoms with Gasteiger partial charge in [0.05, 0.1) is 34.1 Å². The van der Waals surface area contributed by atoms with Gasteiger partial charge < -0.3 is 25.7 Å². The molecule has 10 heteroatoms. The van der Waals surface area contributed by atoms with Crippen LogP contribution in [0.4, 0.5) is 20.2 Å². The van der Waals surface area contributed by atoms with Gasteiger partial charge in [-0.15, -0.1) is 0 Å². The summed E-state index contributed by atoms with van der Waals surface area (Å²) in [6.45, 7) is 0.144. The van der Waals surface area contributed by atoms with Crippen LogP contribution >= 0.6 is 0 Å². The molecular weight excluding hydrogens is 480 g/mol. The zero-order chi connectivity index (χ0) is 25.9. The number of aromatic nitrogens is 3. The molecule has 5 aromatic rings. The lowest BCUT2D eigenvalue weighted by Gasteiger charge is -2.14. The minimum atomic E-state index is -0.987. The van der Waals surface area contributed by atoms with Gasteiger partial charge in [-0.3, -0.25) is 9.59 Å². The molecule has 0 aliphatic carbocycles. The molecule has 0 fully saturated rings. The maximum atomic E-state index is 14.1. The highest BCUT2D eigenvalue weighted by molar-refractivity contribution is 6.08. The molecular formula is C27H21F2N5O3. The number of imidazole rings is 1. The Labute approximate surface area is 209 Å². The number of H-pyrrole nitrogens is 2. The molecule has 0 aliphatic rings. The Bertz CT molecular complexity index is 1650. The Hall–Kier alpha value is -4.83. The van der Waals surface area contributed by atoms with Crippen LogP contribution in [0.3, 0.4) is 0 Å². The number of aromatic amines is 2. The van der Waals surface area contributed by atoms with Gasteiger partial charge in [0.1, 0.15) is 23.0 Å². The number of hydrogen-bond acceptors (Lipinski definition) is 5. The number of benzene rings is 3. The fourth-order valence-corrected chi connectivity index (χ4v) is 3.98. The molecule has 2 heterocycles. The third kappa shape index (κ3) is 4.95. The van der Waals surface area contributed by atoms with Crippen molar-refractivity contribution in [2.75, 3.05) is 17.2 Å². The Morgan fingerprint density at radius 3 is 2.59 bits per heavy atom. The van der Waals surface area contributed by atoms with E-state index in [1.165, 1.54) is 6.20 Å². The average molecular weight is 501 g/mol. The number of para-hydroxylation sites is 1. The molecule has 0 radical (unpaired) electrons. The van der Waals surface area contributed by atoms with E-state index in [0.717, 1.165) is 17.7 Å². The number of aliphatic hydroxyl groups is 1. The number of fused-ring (bicyclic) bond motifs is 1. The number of rotatable bonds is 7. The Kier molecular flexibility index (Phi) is 6.48. The smallest absolute Gasteiger partial charge is 0.261 e. The number of hydrogen-bond donors (Lipinski definition) is 5. The highest BCUT2D eigenvalue weighted by Crippen LogP contribution is 2.28. The molecule has 1 amide bonds. The first kappa shape index (κ1) is 23.9. The second kappa shape index (κ2) is 10.0. The fraction of sp³-hybridized carbons (Fsp3) is 0.0741. The number of carbonyl (C=O) groups excluding carboxylic acids is 1. The molecule has 5 rings (SSSR count). The summed E-state index contributed by atoms with van der Waals surface area (Å²) in [5, 5.41) is 16.2. The maximum absolute atomic E-state index is 14.1. The fourth-order valence-electron chi connectivity index (χ4n) is 3.98. The highest BCUT2D eigenvalue weighted by Gasteiger charge is 2.19. The lowest BCUT2D eigenvalue weighted by atomic mass is 10.1. The molecule has 1 atom stereocenters. The summed E-state index contributed by atoms with van der Waals surface area (Å²) >= 11 is 0. The molecule has 0 spiro atoms. The summed E-state index contributed by atoms with van der Waals surface area (Å²) in [7, 11) is 0. The van der Waals surface area contributed by atoms with E-state index in [1.807, 2.05) is 18.2 Å². The third-order valence-electron chi connectivity index (χ3n) is 5.81. The van der Waals surface area contributed by atoms with Crippen molar-refractivity contribution in [1.82, 2.24) is 15.0 Å². The number of pyridine rings is 1. The molecule has 37 heavy (non-hydrogen) atoms. The van der Waals surface area contributed by atoms with E-state index in [-0.39, 0.29) is 23.5 Å². The van der Waals surface area contributed by atoms with Crippen LogP contribution in [0.25, 0.3) is 22.4 Å². The van der Waals surface area contributed by atoms with E-state index in [0.29, 0.717) is 28.5 Å². The maximum Gasteiger partial charge on any atom is 0.261 e. The second-order valence-electron chi connectivity index (χ2n) is 8.27. The van der Waals surface area contributed by atoms with Gasteiger partial charge in [-0.1, -0.05) is 36.4 Å². The van der Waals surface area contributed by atoms with Crippen LogP contribution in [0.1, 0.15) is 22.0 Å². The van der Waals surface area contributed by atoms with Crippen molar-refractivity contribution in [1.29, 1.82) is 0 Å². The van der Waals surface area contributed by atoms with Crippen molar-refractivity contribution in [3.8, 4) is 11.4 Å². The lowest BCUT2D eigenvalue weighted by Crippen LogP contribution is -2.17.